The Morgan fingerprint density at radius 1 is 1.19 bits per heavy atom. The second-order valence-corrected chi connectivity index (χ2v) is 5.56. The van der Waals surface area contributed by atoms with E-state index in [1.165, 1.54) is 5.69 Å². The van der Waals surface area contributed by atoms with Gasteiger partial charge in [0.1, 0.15) is 0 Å². The van der Waals surface area contributed by atoms with Crippen molar-refractivity contribution in [2.75, 3.05) is 25.0 Å². The summed E-state index contributed by atoms with van der Waals surface area (Å²) in [6.45, 7) is 4.49. The second-order valence-electron chi connectivity index (χ2n) is 5.56. The van der Waals surface area contributed by atoms with Crippen LogP contribution in [-0.2, 0) is 11.3 Å². The van der Waals surface area contributed by atoms with Gasteiger partial charge in [0.05, 0.1) is 6.54 Å². The smallest absolute Gasteiger partial charge is 0.240 e. The summed E-state index contributed by atoms with van der Waals surface area (Å²) in [5.41, 5.74) is 2.23. The monoisotopic (exact) mass is 283 g/mol. The number of benzene rings is 1. The molecule has 4 nitrogen and oxygen atoms in total. The van der Waals surface area contributed by atoms with Crippen LogP contribution in [0.5, 0.6) is 0 Å². The molecule has 1 aliphatic rings. The van der Waals surface area contributed by atoms with E-state index in [-0.39, 0.29) is 11.9 Å². The quantitative estimate of drug-likeness (QED) is 0.866. The molecular formula is C17H21N3O. The van der Waals surface area contributed by atoms with Crippen molar-refractivity contribution in [2.45, 2.75) is 19.5 Å². The van der Waals surface area contributed by atoms with Crippen molar-refractivity contribution in [3.8, 4) is 0 Å². The number of amides is 1. The Labute approximate surface area is 125 Å². The fraction of sp³-hybridized carbons (Fsp3) is 0.353. The van der Waals surface area contributed by atoms with Crippen molar-refractivity contribution in [3.05, 3.63) is 54.4 Å². The van der Waals surface area contributed by atoms with Crippen LogP contribution in [-0.4, -0.2) is 35.5 Å². The molecule has 2 heterocycles. The molecule has 1 aromatic heterocycles. The fourth-order valence-electron chi connectivity index (χ4n) is 2.92. The Hall–Kier alpha value is -2.07. The van der Waals surface area contributed by atoms with Gasteiger partial charge in [-0.05, 0) is 31.2 Å². The van der Waals surface area contributed by atoms with Gasteiger partial charge in [-0.15, -0.1) is 0 Å². The van der Waals surface area contributed by atoms with E-state index in [9.17, 15) is 4.79 Å². The largest absolute Gasteiger partial charge is 0.349 e. The van der Waals surface area contributed by atoms with Gasteiger partial charge in [-0.2, -0.15) is 0 Å². The first-order chi connectivity index (χ1) is 10.2. The number of nitrogens with zero attached hydrogens (tertiary/aromatic N) is 3. The van der Waals surface area contributed by atoms with Crippen molar-refractivity contribution < 1.29 is 4.79 Å². The Morgan fingerprint density at radius 3 is 2.71 bits per heavy atom. The second kappa shape index (κ2) is 5.74. The Bertz CT molecular complexity index is 620. The van der Waals surface area contributed by atoms with Crippen LogP contribution in [0.3, 0.4) is 0 Å². The van der Waals surface area contributed by atoms with E-state index >= 15 is 0 Å². The highest BCUT2D eigenvalue weighted by molar-refractivity contribution is 5.94. The molecule has 0 unspecified atom stereocenters. The molecule has 21 heavy (non-hydrogen) atoms. The molecule has 1 amide bonds. The number of aromatic nitrogens is 1. The molecule has 4 heteroatoms. The number of carbonyl (C=O) groups excluding carboxylic acids is 1. The van der Waals surface area contributed by atoms with Crippen molar-refractivity contribution in [3.63, 3.8) is 0 Å². The molecule has 110 valence electrons. The molecule has 1 aliphatic heterocycles. The number of carbonyl (C=O) groups is 1. The molecular weight excluding hydrogens is 262 g/mol. The van der Waals surface area contributed by atoms with Crippen molar-refractivity contribution in [1.29, 1.82) is 0 Å². The maximum Gasteiger partial charge on any atom is 0.240 e. The molecule has 0 bridgehead atoms. The van der Waals surface area contributed by atoms with Gasteiger partial charge in [0.25, 0.3) is 0 Å². The van der Waals surface area contributed by atoms with Crippen LogP contribution in [0.1, 0.15) is 18.7 Å². The minimum atomic E-state index is 0.132. The first-order valence-electron chi connectivity index (χ1n) is 7.37. The Morgan fingerprint density at radius 2 is 1.95 bits per heavy atom. The molecule has 0 spiro atoms. The molecule has 2 aromatic rings. The number of rotatable bonds is 3. The highest BCUT2D eigenvalue weighted by Gasteiger charge is 2.26. The van der Waals surface area contributed by atoms with Gasteiger partial charge < -0.3 is 9.47 Å². The van der Waals surface area contributed by atoms with E-state index < -0.39 is 0 Å². The lowest BCUT2D eigenvalue weighted by Gasteiger charge is -2.35. The van der Waals surface area contributed by atoms with Crippen LogP contribution in [0.15, 0.2) is 48.7 Å². The van der Waals surface area contributed by atoms with Crippen LogP contribution in [0.2, 0.25) is 0 Å². The minimum absolute atomic E-state index is 0.132. The van der Waals surface area contributed by atoms with Crippen molar-refractivity contribution >= 4 is 11.6 Å². The molecule has 0 saturated carbocycles. The fourth-order valence-corrected chi connectivity index (χ4v) is 2.92. The highest BCUT2D eigenvalue weighted by atomic mass is 16.2. The third-order valence-electron chi connectivity index (χ3n) is 4.32. The number of likely N-dealkylation sites (N-methyl/N-ethyl adjacent to an activating group) is 1. The lowest BCUT2D eigenvalue weighted by atomic mass is 10.1. The zero-order valence-corrected chi connectivity index (χ0v) is 12.6. The number of para-hydroxylation sites is 1. The van der Waals surface area contributed by atoms with Gasteiger partial charge in [0.2, 0.25) is 5.91 Å². The Balaban J connectivity index is 1.68. The van der Waals surface area contributed by atoms with E-state index in [1.54, 1.807) is 4.90 Å². The lowest BCUT2D eigenvalue weighted by Crippen LogP contribution is -2.43. The van der Waals surface area contributed by atoms with Gasteiger partial charge in [-0.3, -0.25) is 9.69 Å². The van der Waals surface area contributed by atoms with Crippen LogP contribution >= 0.6 is 0 Å². The van der Waals surface area contributed by atoms with Crippen LogP contribution in [0.25, 0.3) is 0 Å². The summed E-state index contributed by atoms with van der Waals surface area (Å²) in [6, 6.07) is 14.3. The topological polar surface area (TPSA) is 28.5 Å². The zero-order valence-electron chi connectivity index (χ0n) is 12.6. The van der Waals surface area contributed by atoms with E-state index in [0.717, 1.165) is 18.8 Å². The summed E-state index contributed by atoms with van der Waals surface area (Å²) in [5, 5.41) is 0. The molecule has 0 saturated heterocycles. The van der Waals surface area contributed by atoms with Crippen LogP contribution < -0.4 is 4.90 Å². The first kappa shape index (κ1) is 13.9. The SMILES string of the molecule is C[C@@H]1c2cccn2CCN1CC(=O)N(C)c1ccccc1. The highest BCUT2D eigenvalue weighted by Crippen LogP contribution is 2.25. The molecule has 0 radical (unpaired) electrons. The molecule has 1 atom stereocenters. The number of hydrogen-bond donors (Lipinski definition) is 0. The predicted octanol–water partition coefficient (Wildman–Crippen LogP) is 2.53. The number of anilines is 1. The van der Waals surface area contributed by atoms with Gasteiger partial charge in [-0.1, -0.05) is 18.2 Å². The maximum atomic E-state index is 12.5. The van der Waals surface area contributed by atoms with Crippen LogP contribution in [0.4, 0.5) is 5.69 Å². The van der Waals surface area contributed by atoms with Crippen molar-refractivity contribution in [1.82, 2.24) is 9.47 Å². The third kappa shape index (κ3) is 2.72. The van der Waals surface area contributed by atoms with Gasteiger partial charge in [-0.25, -0.2) is 0 Å². The first-order valence-corrected chi connectivity index (χ1v) is 7.37. The number of hydrogen-bond acceptors (Lipinski definition) is 2. The van der Waals surface area contributed by atoms with E-state index in [0.29, 0.717) is 6.54 Å². The summed E-state index contributed by atoms with van der Waals surface area (Å²) in [4.78, 5) is 16.5. The summed E-state index contributed by atoms with van der Waals surface area (Å²) in [7, 11) is 1.84. The minimum Gasteiger partial charge on any atom is -0.349 e. The molecule has 0 fully saturated rings. The average Bonchev–Trinajstić information content (AvgIpc) is 2.99. The zero-order chi connectivity index (χ0) is 14.8. The van der Waals surface area contributed by atoms with Gasteiger partial charge in [0.15, 0.2) is 0 Å². The summed E-state index contributed by atoms with van der Waals surface area (Å²) >= 11 is 0. The van der Waals surface area contributed by atoms with E-state index in [1.807, 2.05) is 37.4 Å². The standard InChI is InChI=1S/C17H21N3O/c1-14-16-9-6-10-19(16)11-12-20(14)13-17(21)18(2)15-7-4-3-5-8-15/h3-10,14H,11-13H2,1-2H3/t14-/m1/s1. The van der Waals surface area contributed by atoms with Gasteiger partial charge in [0, 0.05) is 43.8 Å². The molecule has 3 rings (SSSR count). The Kier molecular flexibility index (Phi) is 3.80. The molecule has 0 aliphatic carbocycles. The average molecular weight is 283 g/mol. The number of fused-ring (bicyclic) bond motifs is 1. The normalized spacial score (nSPS) is 18.3. The molecule has 1 aromatic carbocycles. The third-order valence-corrected chi connectivity index (χ3v) is 4.32. The predicted molar refractivity (Wildman–Crippen MR) is 84.3 cm³/mol. The van der Waals surface area contributed by atoms with E-state index in [4.69, 9.17) is 0 Å². The summed E-state index contributed by atoms with van der Waals surface area (Å²) < 4.78 is 2.27. The molecule has 0 N–H and O–H groups in total. The van der Waals surface area contributed by atoms with Crippen molar-refractivity contribution in [2.24, 2.45) is 0 Å². The van der Waals surface area contributed by atoms with E-state index in [2.05, 4.69) is 34.7 Å². The summed E-state index contributed by atoms with van der Waals surface area (Å²) in [6.07, 6.45) is 2.11. The lowest BCUT2D eigenvalue weighted by molar-refractivity contribution is -0.120. The maximum absolute atomic E-state index is 12.5. The summed E-state index contributed by atoms with van der Waals surface area (Å²) in [5.74, 6) is 0.132. The van der Waals surface area contributed by atoms with Gasteiger partial charge >= 0.3 is 0 Å². The van der Waals surface area contributed by atoms with Crippen LogP contribution in [0, 0.1) is 0 Å².